The topological polar surface area (TPSA) is 26.3 Å². The molecule has 0 radical (unpaired) electrons. The van der Waals surface area contributed by atoms with Crippen LogP contribution in [0.25, 0.3) is 0 Å². The molecule has 0 spiro atoms. The molecule has 0 amide bonds. The average Bonchev–Trinajstić information content (AvgIpc) is 2.39. The Morgan fingerprint density at radius 2 is 1.94 bits per heavy atom. The first kappa shape index (κ1) is 10.3. The number of ketones is 1. The summed E-state index contributed by atoms with van der Waals surface area (Å²) in [6.07, 6.45) is 4.88. The second-order valence-corrected chi connectivity index (χ2v) is 4.57. The van der Waals surface area contributed by atoms with E-state index in [9.17, 15) is 4.79 Å². The number of ether oxygens (including phenoxy) is 1. The zero-order chi connectivity index (χ0) is 11.7. The first-order valence-electron chi connectivity index (χ1n) is 5.93. The van der Waals surface area contributed by atoms with Crippen LogP contribution < -0.4 is 0 Å². The van der Waals surface area contributed by atoms with Crippen LogP contribution in [-0.2, 0) is 9.53 Å². The lowest BCUT2D eigenvalue weighted by Crippen LogP contribution is -2.19. The smallest absolute Gasteiger partial charge is 0.159 e. The molecule has 1 aliphatic heterocycles. The van der Waals surface area contributed by atoms with Crippen LogP contribution in [0.15, 0.2) is 53.8 Å². The van der Waals surface area contributed by atoms with Gasteiger partial charge in [-0.25, -0.2) is 0 Å². The fourth-order valence-corrected chi connectivity index (χ4v) is 2.45. The molecule has 1 unspecified atom stereocenters. The van der Waals surface area contributed by atoms with E-state index in [1.165, 1.54) is 5.56 Å². The molecule has 1 heterocycles. The largest absolute Gasteiger partial charge is 0.493 e. The molecule has 2 aliphatic rings. The van der Waals surface area contributed by atoms with Crippen LogP contribution >= 0.6 is 0 Å². The van der Waals surface area contributed by atoms with Gasteiger partial charge < -0.3 is 4.74 Å². The summed E-state index contributed by atoms with van der Waals surface area (Å²) in [4.78, 5) is 11.4. The summed E-state index contributed by atoms with van der Waals surface area (Å²) in [7, 11) is 0. The van der Waals surface area contributed by atoms with Crippen molar-refractivity contribution in [1.29, 1.82) is 0 Å². The van der Waals surface area contributed by atoms with E-state index in [0.717, 1.165) is 17.8 Å². The van der Waals surface area contributed by atoms with Gasteiger partial charge >= 0.3 is 0 Å². The molecule has 17 heavy (non-hydrogen) atoms. The highest BCUT2D eigenvalue weighted by molar-refractivity contribution is 5.93. The Balaban J connectivity index is 1.84. The molecule has 0 fully saturated rings. The molecule has 0 N–H and O–H groups in total. The molecular weight excluding hydrogens is 212 g/mol. The number of allylic oxidation sites excluding steroid dienone is 3. The molecule has 86 valence electrons. The predicted octanol–water partition coefficient (Wildman–Crippen LogP) is 2.97. The second-order valence-electron chi connectivity index (χ2n) is 4.57. The summed E-state index contributed by atoms with van der Waals surface area (Å²) in [6, 6.07) is 10.4. The van der Waals surface area contributed by atoms with Gasteiger partial charge in [-0.05, 0) is 29.7 Å². The third-order valence-corrected chi connectivity index (χ3v) is 3.36. The number of hydrogen-bond donors (Lipinski definition) is 0. The molecular formula is C15H14O2. The lowest BCUT2D eigenvalue weighted by Gasteiger charge is -2.28. The molecule has 2 heteroatoms. The van der Waals surface area contributed by atoms with Crippen molar-refractivity contribution in [2.24, 2.45) is 0 Å². The Hall–Kier alpha value is -1.83. The molecule has 1 aromatic carbocycles. The Labute approximate surface area is 101 Å². The third kappa shape index (κ3) is 2.03. The Morgan fingerprint density at radius 1 is 1.12 bits per heavy atom. The minimum Gasteiger partial charge on any atom is -0.493 e. The third-order valence-electron chi connectivity index (χ3n) is 3.36. The number of rotatable bonds is 1. The molecule has 1 atom stereocenters. The fourth-order valence-electron chi connectivity index (χ4n) is 2.45. The van der Waals surface area contributed by atoms with Gasteiger partial charge in [-0.3, -0.25) is 4.79 Å². The van der Waals surface area contributed by atoms with Crippen LogP contribution in [0.1, 0.15) is 24.3 Å². The van der Waals surface area contributed by atoms with Crippen molar-refractivity contribution >= 4 is 5.78 Å². The summed E-state index contributed by atoms with van der Waals surface area (Å²) in [5.74, 6) is 1.48. The number of benzene rings is 1. The van der Waals surface area contributed by atoms with Crippen molar-refractivity contribution < 1.29 is 9.53 Å². The fraction of sp³-hybridized carbons (Fsp3) is 0.267. The van der Waals surface area contributed by atoms with Crippen molar-refractivity contribution in [1.82, 2.24) is 0 Å². The average molecular weight is 226 g/mol. The molecule has 0 saturated carbocycles. The highest BCUT2D eigenvalue weighted by atomic mass is 16.5. The minimum absolute atomic E-state index is 0.182. The summed E-state index contributed by atoms with van der Waals surface area (Å²) in [6.45, 7) is 0.710. The SMILES string of the molecule is O=C1C=CC2=C(C1)CC(c1ccccc1)CO2. The van der Waals surface area contributed by atoms with Gasteiger partial charge in [-0.1, -0.05) is 30.3 Å². The van der Waals surface area contributed by atoms with Gasteiger partial charge in [0.1, 0.15) is 5.76 Å². The molecule has 3 rings (SSSR count). The number of carbonyl (C=O) groups excluding carboxylic acids is 1. The van der Waals surface area contributed by atoms with Gasteiger partial charge in [0.05, 0.1) is 6.61 Å². The monoisotopic (exact) mass is 226 g/mol. The summed E-state index contributed by atoms with van der Waals surface area (Å²) in [5.41, 5.74) is 2.44. The minimum atomic E-state index is 0.182. The normalized spacial score (nSPS) is 23.3. The maximum atomic E-state index is 11.4. The first-order chi connectivity index (χ1) is 8.33. The van der Waals surface area contributed by atoms with E-state index in [1.807, 2.05) is 24.3 Å². The van der Waals surface area contributed by atoms with E-state index >= 15 is 0 Å². The Morgan fingerprint density at radius 3 is 2.76 bits per heavy atom. The van der Waals surface area contributed by atoms with E-state index < -0.39 is 0 Å². The number of hydrogen-bond acceptors (Lipinski definition) is 2. The van der Waals surface area contributed by atoms with Crippen molar-refractivity contribution in [2.45, 2.75) is 18.8 Å². The molecule has 2 nitrogen and oxygen atoms in total. The highest BCUT2D eigenvalue weighted by Gasteiger charge is 2.25. The Kier molecular flexibility index (Phi) is 2.56. The first-order valence-corrected chi connectivity index (χ1v) is 5.93. The molecule has 0 saturated heterocycles. The number of carbonyl (C=O) groups is 1. The van der Waals surface area contributed by atoms with E-state index in [1.54, 1.807) is 6.08 Å². The van der Waals surface area contributed by atoms with Crippen molar-refractivity contribution in [3.05, 3.63) is 59.4 Å². The van der Waals surface area contributed by atoms with Gasteiger partial charge in [0.15, 0.2) is 5.78 Å². The standard InChI is InChI=1S/C15H14O2/c16-14-6-7-15-12(9-14)8-13(10-17-15)11-4-2-1-3-5-11/h1-7,13H,8-10H2. The summed E-state index contributed by atoms with van der Waals surface area (Å²) >= 11 is 0. The molecule has 0 aromatic heterocycles. The van der Waals surface area contributed by atoms with E-state index in [0.29, 0.717) is 18.9 Å². The highest BCUT2D eigenvalue weighted by Crippen LogP contribution is 2.34. The van der Waals surface area contributed by atoms with Crippen molar-refractivity contribution in [2.75, 3.05) is 6.61 Å². The quantitative estimate of drug-likeness (QED) is 0.736. The zero-order valence-electron chi connectivity index (χ0n) is 9.56. The van der Waals surface area contributed by atoms with Crippen LogP contribution in [0.5, 0.6) is 0 Å². The van der Waals surface area contributed by atoms with Crippen molar-refractivity contribution in [3.63, 3.8) is 0 Å². The van der Waals surface area contributed by atoms with Crippen LogP contribution in [0.3, 0.4) is 0 Å². The van der Waals surface area contributed by atoms with Gasteiger partial charge in [-0.15, -0.1) is 0 Å². The summed E-state index contributed by atoms with van der Waals surface area (Å²) < 4.78 is 5.74. The van der Waals surface area contributed by atoms with Gasteiger partial charge in [0.2, 0.25) is 0 Å². The van der Waals surface area contributed by atoms with Gasteiger partial charge in [0.25, 0.3) is 0 Å². The van der Waals surface area contributed by atoms with Crippen LogP contribution in [0, 0.1) is 0 Å². The van der Waals surface area contributed by atoms with E-state index in [4.69, 9.17) is 4.74 Å². The maximum absolute atomic E-state index is 11.4. The molecule has 1 aromatic rings. The second kappa shape index (κ2) is 4.21. The summed E-state index contributed by atoms with van der Waals surface area (Å²) in [5, 5.41) is 0. The van der Waals surface area contributed by atoms with Crippen LogP contribution in [0.2, 0.25) is 0 Å². The molecule has 0 bridgehead atoms. The molecule has 1 aliphatic carbocycles. The van der Waals surface area contributed by atoms with E-state index in [2.05, 4.69) is 12.1 Å². The van der Waals surface area contributed by atoms with Gasteiger partial charge in [-0.2, -0.15) is 0 Å². The van der Waals surface area contributed by atoms with Crippen LogP contribution in [-0.4, -0.2) is 12.4 Å². The lowest BCUT2D eigenvalue weighted by molar-refractivity contribution is -0.114. The van der Waals surface area contributed by atoms with Crippen molar-refractivity contribution in [3.8, 4) is 0 Å². The van der Waals surface area contributed by atoms with Crippen LogP contribution in [0.4, 0.5) is 0 Å². The van der Waals surface area contributed by atoms with Gasteiger partial charge in [0, 0.05) is 12.3 Å². The maximum Gasteiger partial charge on any atom is 0.159 e. The predicted molar refractivity (Wildman–Crippen MR) is 65.5 cm³/mol. The Bertz CT molecular complexity index is 497. The lowest BCUT2D eigenvalue weighted by atomic mass is 9.86. The van der Waals surface area contributed by atoms with E-state index in [-0.39, 0.29) is 5.78 Å². The zero-order valence-corrected chi connectivity index (χ0v) is 9.56.